The Bertz CT molecular complexity index is 660. The van der Waals surface area contributed by atoms with Crippen molar-refractivity contribution in [2.45, 2.75) is 31.3 Å². The average Bonchev–Trinajstić information content (AvgIpc) is 3.07. The predicted octanol–water partition coefficient (Wildman–Crippen LogP) is 0.0962. The third-order valence-corrected chi connectivity index (χ3v) is 4.77. The van der Waals surface area contributed by atoms with Crippen molar-refractivity contribution in [2.75, 3.05) is 18.0 Å². The molecule has 9 heteroatoms. The number of aliphatic hydroxyl groups excluding tert-OH is 2. The molecule has 5 atom stereocenters. The van der Waals surface area contributed by atoms with Crippen molar-refractivity contribution in [3.63, 3.8) is 0 Å². The first kappa shape index (κ1) is 17.4. The second-order valence-electron chi connectivity index (χ2n) is 6.43. The molecule has 136 valence electrons. The fourth-order valence-electron chi connectivity index (χ4n) is 3.19. The number of carbonyl (C=O) groups is 2. The number of amides is 2. The van der Waals surface area contributed by atoms with E-state index in [9.17, 15) is 24.3 Å². The van der Waals surface area contributed by atoms with E-state index in [1.165, 1.54) is 6.92 Å². The molecule has 2 aliphatic rings. The van der Waals surface area contributed by atoms with Gasteiger partial charge in [-0.3, -0.25) is 4.79 Å². The van der Waals surface area contributed by atoms with E-state index in [1.807, 2.05) is 0 Å². The zero-order valence-electron chi connectivity index (χ0n) is 13.6. The highest BCUT2D eigenvalue weighted by atomic mass is 19.2. The van der Waals surface area contributed by atoms with E-state index in [0.717, 1.165) is 5.69 Å². The van der Waals surface area contributed by atoms with Crippen LogP contribution in [0, 0.1) is 5.92 Å². The van der Waals surface area contributed by atoms with Crippen LogP contribution in [0.4, 0.5) is 15.0 Å². The lowest BCUT2D eigenvalue weighted by Gasteiger charge is -2.23. The number of aliphatic hydroxyl groups is 2. The number of nitrogens with two attached hydrogens (primary N) is 1. The molecular formula is C16H20FN3O5. The molecule has 8 nitrogen and oxygen atoms in total. The Morgan fingerprint density at radius 3 is 2.36 bits per heavy atom. The molecule has 2 aliphatic heterocycles. The smallest absolute Gasteiger partial charge is 0.439 e. The SMILES string of the molecule is CC(C(N)=O)C1OC(=O)N(F)C1c1ccc(N2CC(O)C(O)C2)cc1. The van der Waals surface area contributed by atoms with E-state index in [2.05, 4.69) is 0 Å². The number of ether oxygens (including phenoxy) is 1. The molecule has 2 saturated heterocycles. The number of benzene rings is 1. The number of halogens is 1. The van der Waals surface area contributed by atoms with E-state index < -0.39 is 42.3 Å². The quantitative estimate of drug-likeness (QED) is 0.661. The van der Waals surface area contributed by atoms with Crippen LogP contribution < -0.4 is 10.6 Å². The van der Waals surface area contributed by atoms with Gasteiger partial charge in [-0.2, -0.15) is 0 Å². The van der Waals surface area contributed by atoms with Gasteiger partial charge in [-0.15, -0.1) is 5.12 Å². The molecule has 0 aromatic heterocycles. The number of anilines is 1. The molecule has 1 aromatic rings. The minimum atomic E-state index is -1.15. The standard InChI is InChI=1S/C16H20FN3O5/c1-8(15(18)23)14-13(20(17)16(24)25-14)9-2-4-10(5-3-9)19-6-11(21)12(22)7-19/h2-5,8,11-14,21-22H,6-7H2,1H3,(H2,18,23). The maximum atomic E-state index is 14.2. The predicted molar refractivity (Wildman–Crippen MR) is 85.0 cm³/mol. The molecule has 2 heterocycles. The topological polar surface area (TPSA) is 116 Å². The number of hydrogen-bond acceptors (Lipinski definition) is 6. The average molecular weight is 353 g/mol. The molecule has 2 fully saturated rings. The Hall–Kier alpha value is -2.39. The molecule has 0 saturated carbocycles. The van der Waals surface area contributed by atoms with Crippen molar-refractivity contribution >= 4 is 17.7 Å². The second kappa shape index (κ2) is 6.49. The summed E-state index contributed by atoms with van der Waals surface area (Å²) in [7, 11) is 0. The van der Waals surface area contributed by atoms with Crippen molar-refractivity contribution in [1.82, 2.24) is 5.12 Å². The largest absolute Gasteiger partial charge is 0.441 e. The fraction of sp³-hybridized carbons (Fsp3) is 0.500. The van der Waals surface area contributed by atoms with Crippen molar-refractivity contribution in [1.29, 1.82) is 0 Å². The summed E-state index contributed by atoms with van der Waals surface area (Å²) in [6.45, 7) is 2.07. The number of rotatable bonds is 4. The van der Waals surface area contributed by atoms with Crippen LogP contribution in [0.25, 0.3) is 0 Å². The van der Waals surface area contributed by atoms with E-state index >= 15 is 0 Å². The van der Waals surface area contributed by atoms with Gasteiger partial charge in [-0.25, -0.2) is 4.79 Å². The van der Waals surface area contributed by atoms with E-state index in [0.29, 0.717) is 18.7 Å². The molecule has 4 N–H and O–H groups in total. The Labute approximate surface area is 143 Å². The van der Waals surface area contributed by atoms with Gasteiger partial charge in [0.2, 0.25) is 5.91 Å². The highest BCUT2D eigenvalue weighted by Crippen LogP contribution is 2.38. The maximum absolute atomic E-state index is 14.2. The summed E-state index contributed by atoms with van der Waals surface area (Å²) in [5.41, 5.74) is 6.45. The third-order valence-electron chi connectivity index (χ3n) is 4.77. The molecule has 25 heavy (non-hydrogen) atoms. The minimum Gasteiger partial charge on any atom is -0.441 e. The Balaban J connectivity index is 1.82. The first-order valence-corrected chi connectivity index (χ1v) is 7.95. The second-order valence-corrected chi connectivity index (χ2v) is 6.43. The number of cyclic esters (lactones) is 1. The van der Waals surface area contributed by atoms with Gasteiger partial charge in [0, 0.05) is 18.8 Å². The summed E-state index contributed by atoms with van der Waals surface area (Å²) < 4.78 is 19.1. The fourth-order valence-corrected chi connectivity index (χ4v) is 3.19. The summed E-state index contributed by atoms with van der Waals surface area (Å²) in [4.78, 5) is 24.8. The maximum Gasteiger partial charge on any atom is 0.439 e. The highest BCUT2D eigenvalue weighted by Gasteiger charge is 2.47. The van der Waals surface area contributed by atoms with Crippen molar-refractivity contribution in [3.8, 4) is 0 Å². The number of primary amides is 1. The summed E-state index contributed by atoms with van der Waals surface area (Å²) in [5, 5.41) is 19.2. The van der Waals surface area contributed by atoms with Crippen LogP contribution >= 0.6 is 0 Å². The molecule has 1 aromatic carbocycles. The van der Waals surface area contributed by atoms with Gasteiger partial charge in [0.25, 0.3) is 0 Å². The van der Waals surface area contributed by atoms with Gasteiger partial charge in [-0.1, -0.05) is 16.6 Å². The Morgan fingerprint density at radius 2 is 1.84 bits per heavy atom. The van der Waals surface area contributed by atoms with Crippen molar-refractivity contribution in [3.05, 3.63) is 29.8 Å². The van der Waals surface area contributed by atoms with E-state index in [4.69, 9.17) is 10.5 Å². The number of carbonyl (C=O) groups excluding carboxylic acids is 2. The molecular weight excluding hydrogens is 333 g/mol. The van der Waals surface area contributed by atoms with Gasteiger partial charge < -0.3 is 25.6 Å². The zero-order valence-corrected chi connectivity index (χ0v) is 13.6. The van der Waals surface area contributed by atoms with Crippen molar-refractivity contribution in [2.24, 2.45) is 11.7 Å². The summed E-state index contributed by atoms with van der Waals surface area (Å²) in [6.07, 6.45) is -3.81. The molecule has 5 unspecified atom stereocenters. The Kier molecular flexibility index (Phi) is 4.53. The lowest BCUT2D eigenvalue weighted by molar-refractivity contribution is -0.124. The van der Waals surface area contributed by atoms with Crippen LogP contribution in [-0.2, 0) is 9.53 Å². The summed E-state index contributed by atoms with van der Waals surface area (Å²) in [6, 6.07) is 5.56. The molecule has 0 aliphatic carbocycles. The Morgan fingerprint density at radius 1 is 1.28 bits per heavy atom. The van der Waals surface area contributed by atoms with Crippen LogP contribution in [0.5, 0.6) is 0 Å². The molecule has 0 bridgehead atoms. The lowest BCUT2D eigenvalue weighted by Crippen LogP contribution is -2.35. The van der Waals surface area contributed by atoms with Crippen LogP contribution in [0.3, 0.4) is 0 Å². The molecule has 3 rings (SSSR count). The van der Waals surface area contributed by atoms with E-state index in [1.54, 1.807) is 29.2 Å². The lowest BCUT2D eigenvalue weighted by atomic mass is 9.92. The number of β-amino-alcohol motifs (C(OH)–C–C–N with tert-alkyl or cyclic N) is 2. The minimum absolute atomic E-state index is 0.0392. The first-order valence-electron chi connectivity index (χ1n) is 7.95. The van der Waals surface area contributed by atoms with Crippen LogP contribution in [-0.4, -0.2) is 58.7 Å². The molecule has 0 spiro atoms. The number of nitrogens with zero attached hydrogens (tertiary/aromatic N) is 2. The normalized spacial score (nSPS) is 30.5. The van der Waals surface area contributed by atoms with Crippen LogP contribution in [0.15, 0.2) is 24.3 Å². The highest BCUT2D eigenvalue weighted by molar-refractivity contribution is 5.79. The summed E-state index contributed by atoms with van der Waals surface area (Å²) in [5.74, 6) is -1.53. The first-order chi connectivity index (χ1) is 11.8. The number of hydrogen-bond donors (Lipinski definition) is 3. The van der Waals surface area contributed by atoms with Gasteiger partial charge in [0.05, 0.1) is 18.1 Å². The third kappa shape index (κ3) is 3.12. The van der Waals surface area contributed by atoms with Crippen LogP contribution in [0.2, 0.25) is 0 Å². The zero-order chi connectivity index (χ0) is 18.3. The van der Waals surface area contributed by atoms with Gasteiger partial charge in [0.1, 0.15) is 12.1 Å². The monoisotopic (exact) mass is 353 g/mol. The van der Waals surface area contributed by atoms with Gasteiger partial charge in [0.15, 0.2) is 0 Å². The van der Waals surface area contributed by atoms with Crippen molar-refractivity contribution < 1.29 is 29.0 Å². The van der Waals surface area contributed by atoms with Crippen LogP contribution in [0.1, 0.15) is 18.5 Å². The molecule has 0 radical (unpaired) electrons. The van der Waals surface area contributed by atoms with Gasteiger partial charge in [-0.05, 0) is 24.6 Å². The summed E-state index contributed by atoms with van der Waals surface area (Å²) >= 11 is 0. The van der Waals surface area contributed by atoms with E-state index in [-0.39, 0.29) is 5.12 Å². The molecule has 2 amide bonds. The van der Waals surface area contributed by atoms with Gasteiger partial charge >= 0.3 is 6.09 Å².